The first-order valence-corrected chi connectivity index (χ1v) is 13.0. The minimum absolute atomic E-state index is 0.562. The first-order valence-electron chi connectivity index (χ1n) is 9.43. The van der Waals surface area contributed by atoms with Gasteiger partial charge in [0.15, 0.2) is 0 Å². The van der Waals surface area contributed by atoms with E-state index >= 15 is 0 Å². The van der Waals surface area contributed by atoms with Crippen molar-refractivity contribution >= 4 is 43.8 Å². The van der Waals surface area contributed by atoms with E-state index < -0.39 is 15.1 Å². The van der Waals surface area contributed by atoms with Crippen molar-refractivity contribution in [1.29, 1.82) is 0 Å². The van der Waals surface area contributed by atoms with Crippen LogP contribution in [0.25, 0.3) is 0 Å². The summed E-state index contributed by atoms with van der Waals surface area (Å²) in [6.45, 7) is 0. The van der Waals surface area contributed by atoms with Gasteiger partial charge >= 0.3 is 0 Å². The molecule has 0 N–H and O–H groups in total. The van der Waals surface area contributed by atoms with Gasteiger partial charge in [-0.15, -0.1) is 0 Å². The van der Waals surface area contributed by atoms with Gasteiger partial charge in [0.1, 0.15) is 0 Å². The lowest BCUT2D eigenvalue weighted by Gasteiger charge is -2.40. The molecule has 0 bridgehead atoms. The summed E-state index contributed by atoms with van der Waals surface area (Å²) in [7, 11) is 4.75. The minimum Gasteiger partial charge on any atom is -0.291 e. The maximum absolute atomic E-state index is 7.34. The lowest BCUT2D eigenvalue weighted by molar-refractivity contribution is 1.73. The third-order valence-electron chi connectivity index (χ3n) is 4.93. The van der Waals surface area contributed by atoms with Crippen LogP contribution < -0.4 is 21.2 Å². The second-order valence-electron chi connectivity index (χ2n) is 6.78. The summed E-state index contributed by atoms with van der Waals surface area (Å²) in [5, 5.41) is 5.29. The minimum atomic E-state index is -2.03. The molecule has 0 aliphatic rings. The molecular weight excluding hydrogens is 373 g/mol. The highest BCUT2D eigenvalue weighted by Gasteiger charge is 2.30. The molecule has 28 heavy (non-hydrogen) atoms. The second kappa shape index (κ2) is 8.87. The normalized spacial score (nSPS) is 11.5. The van der Waals surface area contributed by atoms with E-state index in [0.29, 0.717) is 0 Å². The molecule has 0 heterocycles. The van der Waals surface area contributed by atoms with Crippen LogP contribution in [0.5, 0.6) is 0 Å². The Kier molecular flexibility index (Phi) is 6.06. The van der Waals surface area contributed by atoms with Crippen molar-refractivity contribution in [3.05, 3.63) is 121 Å². The fraction of sp³-hybridized carbons (Fsp3) is 0.0400. The highest BCUT2D eigenvalue weighted by molar-refractivity contribution is 8.13. The summed E-state index contributed by atoms with van der Waals surface area (Å²) in [4.78, 5) is 0. The molecule has 0 fully saturated rings. The van der Waals surface area contributed by atoms with Crippen LogP contribution in [0.2, 0.25) is 0 Å². The lowest BCUT2D eigenvalue weighted by atomic mass is 10.4. The Morgan fingerprint density at radius 2 is 0.821 bits per heavy atom. The van der Waals surface area contributed by atoms with Crippen molar-refractivity contribution in [3.63, 3.8) is 0 Å². The summed E-state index contributed by atoms with van der Waals surface area (Å²) in [6.07, 6.45) is 0. The SMILES string of the molecule is [B-][P+](CP(c1ccccc1)c1ccccc1)(c1ccccc1)c1ccccc1. The quantitative estimate of drug-likeness (QED) is 0.324. The summed E-state index contributed by atoms with van der Waals surface area (Å²) in [5.41, 5.74) is 0. The summed E-state index contributed by atoms with van der Waals surface area (Å²) >= 11 is 0. The molecule has 0 spiro atoms. The highest BCUT2D eigenvalue weighted by Crippen LogP contribution is 2.60. The lowest BCUT2D eigenvalue weighted by Crippen LogP contribution is -2.27. The zero-order chi connectivity index (χ0) is 19.2. The molecule has 0 atom stereocenters. The van der Waals surface area contributed by atoms with Crippen molar-refractivity contribution in [2.24, 2.45) is 0 Å². The fourth-order valence-electron chi connectivity index (χ4n) is 3.45. The average molecular weight is 395 g/mol. The Hall–Kier alpha value is -2.20. The average Bonchev–Trinajstić information content (AvgIpc) is 2.80. The van der Waals surface area contributed by atoms with Crippen molar-refractivity contribution < 1.29 is 0 Å². The molecular formula is C25H22BP2. The van der Waals surface area contributed by atoms with Gasteiger partial charge in [0, 0.05) is 16.5 Å². The van der Waals surface area contributed by atoms with E-state index in [1.807, 2.05) is 0 Å². The van der Waals surface area contributed by atoms with Gasteiger partial charge in [-0.1, -0.05) is 97.1 Å². The van der Waals surface area contributed by atoms with Gasteiger partial charge in [-0.2, -0.15) is 7.14 Å². The topological polar surface area (TPSA) is 0 Å². The van der Waals surface area contributed by atoms with Crippen molar-refractivity contribution in [3.8, 4) is 0 Å². The van der Waals surface area contributed by atoms with Crippen LogP contribution in [-0.4, -0.2) is 13.5 Å². The molecule has 4 aromatic rings. The summed E-state index contributed by atoms with van der Waals surface area (Å²) in [6, 6.07) is 43.0. The summed E-state index contributed by atoms with van der Waals surface area (Å²) in [5.74, 6) is 0.963. The molecule has 4 rings (SSSR count). The van der Waals surface area contributed by atoms with E-state index in [2.05, 4.69) is 121 Å². The van der Waals surface area contributed by atoms with E-state index in [9.17, 15) is 0 Å². The van der Waals surface area contributed by atoms with Crippen LogP contribution in [0.1, 0.15) is 0 Å². The van der Waals surface area contributed by atoms with E-state index in [4.69, 9.17) is 7.57 Å². The molecule has 3 radical (unpaired) electrons. The molecule has 0 aromatic heterocycles. The number of benzene rings is 4. The van der Waals surface area contributed by atoms with Gasteiger partial charge in [-0.05, 0) is 42.8 Å². The van der Waals surface area contributed by atoms with Crippen LogP contribution >= 0.6 is 15.1 Å². The largest absolute Gasteiger partial charge is 0.291 e. The van der Waals surface area contributed by atoms with Crippen molar-refractivity contribution in [2.75, 3.05) is 5.90 Å². The van der Waals surface area contributed by atoms with Crippen LogP contribution in [0, 0.1) is 0 Å². The molecule has 0 aliphatic carbocycles. The third kappa shape index (κ3) is 4.12. The fourth-order valence-corrected chi connectivity index (χ4v) is 10.9. The molecule has 0 aliphatic heterocycles. The Labute approximate surface area is 171 Å². The van der Waals surface area contributed by atoms with E-state index in [-0.39, 0.29) is 0 Å². The molecule has 135 valence electrons. The van der Waals surface area contributed by atoms with Crippen LogP contribution in [0.4, 0.5) is 0 Å². The van der Waals surface area contributed by atoms with Gasteiger partial charge in [-0.25, -0.2) is 0 Å². The highest BCUT2D eigenvalue weighted by atomic mass is 31.2. The van der Waals surface area contributed by atoms with Crippen LogP contribution in [0.15, 0.2) is 121 Å². The number of hydrogen-bond donors (Lipinski definition) is 0. The predicted molar refractivity (Wildman–Crippen MR) is 129 cm³/mol. The van der Waals surface area contributed by atoms with Crippen molar-refractivity contribution in [2.45, 2.75) is 0 Å². The molecule has 0 saturated heterocycles. The van der Waals surface area contributed by atoms with Crippen LogP contribution in [-0.2, 0) is 0 Å². The second-order valence-corrected chi connectivity index (χ2v) is 12.6. The molecule has 0 amide bonds. The monoisotopic (exact) mass is 395 g/mol. The van der Waals surface area contributed by atoms with Gasteiger partial charge in [0.25, 0.3) is 0 Å². The summed E-state index contributed by atoms with van der Waals surface area (Å²) < 4.78 is 0. The zero-order valence-electron chi connectivity index (χ0n) is 15.7. The third-order valence-corrected chi connectivity index (χ3v) is 12.1. The number of rotatable bonds is 6. The molecule has 0 saturated carbocycles. The standard InChI is InChI=1S/C25H22BP2/c26-28(24-17-9-3-10-18-24,25-19-11-4-12-20-25)21-27(22-13-5-1-6-14-22)23-15-7-2-8-16-23/h1-20H,21H2. The first kappa shape index (κ1) is 19.1. The Morgan fingerprint density at radius 3 is 1.18 bits per heavy atom. The van der Waals surface area contributed by atoms with E-state index in [0.717, 1.165) is 5.90 Å². The molecule has 0 nitrogen and oxygen atoms in total. The van der Waals surface area contributed by atoms with Gasteiger partial charge in [-0.3, -0.25) is 7.57 Å². The Bertz CT molecular complexity index is 911. The zero-order valence-corrected chi connectivity index (χ0v) is 17.5. The van der Waals surface area contributed by atoms with Crippen LogP contribution in [0.3, 0.4) is 0 Å². The maximum Gasteiger partial charge on any atom is 0.0476 e. The van der Waals surface area contributed by atoms with Gasteiger partial charge < -0.3 is 0 Å². The smallest absolute Gasteiger partial charge is 0.0476 e. The first-order chi connectivity index (χ1) is 13.8. The predicted octanol–water partition coefficient (Wildman–Crippen LogP) is 4.83. The van der Waals surface area contributed by atoms with Gasteiger partial charge in [0.2, 0.25) is 0 Å². The van der Waals surface area contributed by atoms with E-state index in [1.54, 1.807) is 0 Å². The maximum atomic E-state index is 7.34. The Morgan fingerprint density at radius 1 is 0.500 bits per heavy atom. The molecule has 0 unspecified atom stereocenters. The Balaban J connectivity index is 1.84. The number of hydrogen-bond acceptors (Lipinski definition) is 0. The van der Waals surface area contributed by atoms with E-state index in [1.165, 1.54) is 21.2 Å². The van der Waals surface area contributed by atoms with Gasteiger partial charge in [0.05, 0.1) is 0 Å². The molecule has 3 heteroatoms. The molecule has 4 aromatic carbocycles. The van der Waals surface area contributed by atoms with Crippen molar-refractivity contribution in [1.82, 2.24) is 0 Å².